The normalized spacial score (nSPS) is 18.5. The number of hydrogen-bond donors (Lipinski definition) is 3. The first kappa shape index (κ1) is 30.3. The lowest BCUT2D eigenvalue weighted by molar-refractivity contribution is 0.166. The molecule has 0 saturated heterocycles. The fourth-order valence-electron chi connectivity index (χ4n) is 5.66. The summed E-state index contributed by atoms with van der Waals surface area (Å²) in [7, 11) is 4.04. The third-order valence-electron chi connectivity index (χ3n) is 8.06. The molecule has 0 bridgehead atoms. The van der Waals surface area contributed by atoms with E-state index in [4.69, 9.17) is 9.97 Å². The van der Waals surface area contributed by atoms with E-state index in [1.165, 1.54) is 22.6 Å². The second-order valence-corrected chi connectivity index (χ2v) is 13.0. The summed E-state index contributed by atoms with van der Waals surface area (Å²) in [6, 6.07) is 23.2. The Labute approximate surface area is 253 Å². The van der Waals surface area contributed by atoms with Crippen LogP contribution in [0.4, 0.5) is 16.2 Å². The van der Waals surface area contributed by atoms with E-state index in [9.17, 15) is 9.50 Å². The first-order chi connectivity index (χ1) is 20.3. The largest absolute Gasteiger partial charge is 0.388 e. The van der Waals surface area contributed by atoms with Gasteiger partial charge in [-0.3, -0.25) is 0 Å². The number of fused-ring (bicyclic) bond motifs is 1. The van der Waals surface area contributed by atoms with Crippen molar-refractivity contribution >= 4 is 34.4 Å². The highest BCUT2D eigenvalue weighted by molar-refractivity contribution is 8.00. The standard InChI is InChI=1S/C34H42FN5OS/c1-23-8-18-28(19-9-23)42-29(20-32(41)25-12-14-26(35)15-13-25)22-36-21-24-10-16-27(17-11-24)37-34-38-31-7-5-4-6-30(31)33(39-34)40(2)3/h4-9,12-15,18-19,24,27,29,32,36,41H,10-11,16-17,20-22H2,1-3H3,(H,37,38,39). The molecule has 0 radical (unpaired) electrons. The molecule has 0 spiro atoms. The second kappa shape index (κ2) is 14.3. The van der Waals surface area contributed by atoms with Crippen molar-refractivity contribution in [3.05, 3.63) is 89.7 Å². The molecule has 222 valence electrons. The van der Waals surface area contributed by atoms with Crippen molar-refractivity contribution in [1.29, 1.82) is 0 Å². The molecule has 0 amide bonds. The summed E-state index contributed by atoms with van der Waals surface area (Å²) in [5.74, 6) is 1.97. The van der Waals surface area contributed by atoms with Crippen molar-refractivity contribution in [1.82, 2.24) is 15.3 Å². The Kier molecular flexibility index (Phi) is 10.3. The molecular formula is C34H42FN5OS. The van der Waals surface area contributed by atoms with Crippen molar-refractivity contribution in [3.63, 3.8) is 0 Å². The molecule has 1 aromatic heterocycles. The van der Waals surface area contributed by atoms with Crippen molar-refractivity contribution in [2.45, 2.75) is 61.3 Å². The van der Waals surface area contributed by atoms with Gasteiger partial charge in [-0.25, -0.2) is 9.37 Å². The van der Waals surface area contributed by atoms with Crippen LogP contribution in [0.15, 0.2) is 77.7 Å². The molecule has 8 heteroatoms. The Morgan fingerprint density at radius 3 is 2.38 bits per heavy atom. The van der Waals surface area contributed by atoms with E-state index in [1.54, 1.807) is 23.9 Å². The maximum atomic E-state index is 13.4. The van der Waals surface area contributed by atoms with Crippen LogP contribution >= 0.6 is 11.8 Å². The highest BCUT2D eigenvalue weighted by Crippen LogP contribution is 2.32. The molecule has 1 saturated carbocycles. The Morgan fingerprint density at radius 2 is 1.67 bits per heavy atom. The van der Waals surface area contributed by atoms with Crippen LogP contribution in [0.25, 0.3) is 10.9 Å². The number of para-hydroxylation sites is 1. The number of rotatable bonds is 12. The minimum atomic E-state index is -0.637. The van der Waals surface area contributed by atoms with Gasteiger partial charge in [0.2, 0.25) is 5.95 Å². The van der Waals surface area contributed by atoms with Crippen LogP contribution < -0.4 is 15.5 Å². The van der Waals surface area contributed by atoms with Gasteiger partial charge in [0.25, 0.3) is 0 Å². The number of nitrogens with zero attached hydrogens (tertiary/aromatic N) is 3. The lowest BCUT2D eigenvalue weighted by Gasteiger charge is -2.30. The number of anilines is 2. The summed E-state index contributed by atoms with van der Waals surface area (Å²) in [6.07, 6.45) is 4.42. The van der Waals surface area contributed by atoms with Gasteiger partial charge in [-0.05, 0) is 93.5 Å². The third kappa shape index (κ3) is 8.21. The van der Waals surface area contributed by atoms with E-state index in [2.05, 4.69) is 47.9 Å². The van der Waals surface area contributed by atoms with Crippen LogP contribution in [-0.4, -0.2) is 53.6 Å². The highest BCUT2D eigenvalue weighted by Gasteiger charge is 2.23. The number of nitrogens with one attached hydrogen (secondary N) is 2. The highest BCUT2D eigenvalue weighted by atomic mass is 32.2. The Bertz CT molecular complexity index is 1420. The summed E-state index contributed by atoms with van der Waals surface area (Å²) >= 11 is 1.79. The van der Waals surface area contributed by atoms with Crippen molar-refractivity contribution in [3.8, 4) is 0 Å². The summed E-state index contributed by atoms with van der Waals surface area (Å²) in [5.41, 5.74) is 2.94. The topological polar surface area (TPSA) is 73.3 Å². The number of hydrogen-bond acceptors (Lipinski definition) is 7. The van der Waals surface area contributed by atoms with E-state index in [-0.39, 0.29) is 11.1 Å². The van der Waals surface area contributed by atoms with Crippen LogP contribution in [0.2, 0.25) is 0 Å². The fourth-order valence-corrected chi connectivity index (χ4v) is 6.82. The van der Waals surface area contributed by atoms with Gasteiger partial charge in [0.05, 0.1) is 11.6 Å². The van der Waals surface area contributed by atoms with Gasteiger partial charge in [0.15, 0.2) is 0 Å². The number of aliphatic hydroxyl groups is 1. The summed E-state index contributed by atoms with van der Waals surface area (Å²) < 4.78 is 13.4. The van der Waals surface area contributed by atoms with Gasteiger partial charge in [0, 0.05) is 42.2 Å². The third-order valence-corrected chi connectivity index (χ3v) is 9.29. The SMILES string of the molecule is Cc1ccc(SC(CNCC2CCC(Nc3nc(N(C)C)c4ccccc4n3)CC2)CC(O)c2ccc(F)cc2)cc1. The molecule has 1 fully saturated rings. The Morgan fingerprint density at radius 1 is 0.952 bits per heavy atom. The monoisotopic (exact) mass is 587 g/mol. The molecule has 3 aromatic carbocycles. The molecule has 6 nitrogen and oxygen atoms in total. The zero-order valence-corrected chi connectivity index (χ0v) is 25.6. The average molecular weight is 588 g/mol. The molecule has 3 N–H and O–H groups in total. The Balaban J connectivity index is 1.13. The number of aromatic nitrogens is 2. The van der Waals surface area contributed by atoms with Gasteiger partial charge < -0.3 is 20.6 Å². The van der Waals surface area contributed by atoms with Gasteiger partial charge in [-0.2, -0.15) is 4.98 Å². The smallest absolute Gasteiger partial charge is 0.225 e. The van der Waals surface area contributed by atoms with Gasteiger partial charge in [0.1, 0.15) is 11.6 Å². The maximum absolute atomic E-state index is 13.4. The van der Waals surface area contributed by atoms with E-state index in [1.807, 2.05) is 37.2 Å². The molecule has 2 atom stereocenters. The van der Waals surface area contributed by atoms with Crippen LogP contribution in [-0.2, 0) is 0 Å². The zero-order valence-electron chi connectivity index (χ0n) is 24.8. The molecular weight excluding hydrogens is 545 g/mol. The molecule has 0 aliphatic heterocycles. The fraction of sp³-hybridized carbons (Fsp3) is 0.412. The minimum absolute atomic E-state index is 0.182. The molecule has 42 heavy (non-hydrogen) atoms. The van der Waals surface area contributed by atoms with E-state index >= 15 is 0 Å². The molecule has 4 aromatic rings. The molecule has 2 unspecified atom stereocenters. The van der Waals surface area contributed by atoms with Crippen LogP contribution in [0, 0.1) is 18.7 Å². The summed E-state index contributed by atoms with van der Waals surface area (Å²) in [4.78, 5) is 12.8. The average Bonchev–Trinajstić information content (AvgIpc) is 2.99. The number of benzene rings is 3. The van der Waals surface area contributed by atoms with Gasteiger partial charge in [-0.15, -0.1) is 11.8 Å². The zero-order chi connectivity index (χ0) is 29.5. The number of aliphatic hydroxyl groups excluding tert-OH is 1. The number of aryl methyl sites for hydroxylation is 1. The summed E-state index contributed by atoms with van der Waals surface area (Å²) in [5, 5.41) is 19.5. The van der Waals surface area contributed by atoms with Crippen LogP contribution in [0.3, 0.4) is 0 Å². The predicted octanol–water partition coefficient (Wildman–Crippen LogP) is 6.99. The quantitative estimate of drug-likeness (QED) is 0.154. The molecule has 1 aliphatic rings. The van der Waals surface area contributed by atoms with Crippen molar-refractivity contribution < 1.29 is 9.50 Å². The minimum Gasteiger partial charge on any atom is -0.388 e. The van der Waals surface area contributed by atoms with Crippen LogP contribution in [0.5, 0.6) is 0 Å². The van der Waals surface area contributed by atoms with E-state index in [0.717, 1.165) is 61.1 Å². The van der Waals surface area contributed by atoms with Crippen LogP contribution in [0.1, 0.15) is 49.3 Å². The van der Waals surface area contributed by atoms with E-state index in [0.29, 0.717) is 24.3 Å². The molecule has 5 rings (SSSR count). The second-order valence-electron chi connectivity index (χ2n) is 11.7. The molecule has 1 aliphatic carbocycles. The summed E-state index contributed by atoms with van der Waals surface area (Å²) in [6.45, 7) is 3.85. The maximum Gasteiger partial charge on any atom is 0.225 e. The lowest BCUT2D eigenvalue weighted by Crippen LogP contribution is -2.34. The van der Waals surface area contributed by atoms with Gasteiger partial charge >= 0.3 is 0 Å². The van der Waals surface area contributed by atoms with E-state index < -0.39 is 6.10 Å². The first-order valence-corrected chi connectivity index (χ1v) is 15.8. The predicted molar refractivity (Wildman–Crippen MR) is 173 cm³/mol. The first-order valence-electron chi connectivity index (χ1n) is 14.9. The lowest BCUT2D eigenvalue weighted by atomic mass is 9.86. The number of thioether (sulfide) groups is 1. The molecule has 1 heterocycles. The van der Waals surface area contributed by atoms with Crippen molar-refractivity contribution in [2.24, 2.45) is 5.92 Å². The Hall–Kier alpha value is -3.20. The number of halogens is 1. The van der Waals surface area contributed by atoms with Crippen molar-refractivity contribution in [2.75, 3.05) is 37.4 Å². The van der Waals surface area contributed by atoms with Gasteiger partial charge in [-0.1, -0.05) is 42.0 Å².